The number of aromatic nitrogens is 3. The number of H-pyrrole nitrogens is 1. The van der Waals surface area contributed by atoms with Gasteiger partial charge in [0.2, 0.25) is 0 Å². The number of hydrogen-bond donors (Lipinski definition) is 2. The molecule has 7 rings (SSSR count). The number of pyridine rings is 3. The first-order chi connectivity index (χ1) is 20.2. The fourth-order valence-electron chi connectivity index (χ4n) is 5.18. The molecule has 8 nitrogen and oxygen atoms in total. The van der Waals surface area contributed by atoms with E-state index in [2.05, 4.69) is 49.4 Å². The summed E-state index contributed by atoms with van der Waals surface area (Å²) in [5, 5.41) is 3.52. The van der Waals surface area contributed by atoms with Crippen molar-refractivity contribution in [2.24, 2.45) is 0 Å². The number of nitrogens with one attached hydrogen (secondary N) is 2. The molecule has 0 bridgehead atoms. The summed E-state index contributed by atoms with van der Waals surface area (Å²) < 4.78 is 12.7. The van der Waals surface area contributed by atoms with Gasteiger partial charge in [-0.25, -0.2) is 0 Å². The predicted octanol–water partition coefficient (Wildman–Crippen LogP) is 6.28. The summed E-state index contributed by atoms with van der Waals surface area (Å²) in [5.41, 5.74) is 5.73. The van der Waals surface area contributed by atoms with Gasteiger partial charge in [0.1, 0.15) is 23.3 Å². The zero-order valence-corrected chi connectivity index (χ0v) is 22.9. The first-order valence-electron chi connectivity index (χ1n) is 13.5. The molecule has 0 saturated carbocycles. The monoisotopic (exact) mass is 561 g/mol. The zero-order valence-electron chi connectivity index (χ0n) is 22.1. The maximum Gasteiger partial charge on any atom is 0.271 e. The molecule has 3 aromatic heterocycles. The minimum absolute atomic E-state index is 0.0918. The zero-order chi connectivity index (χ0) is 27.6. The summed E-state index contributed by atoms with van der Waals surface area (Å²) >= 11 is 1.69. The summed E-state index contributed by atoms with van der Waals surface area (Å²) in [5.74, 6) is 1.63. The molecule has 0 aliphatic carbocycles. The molecule has 9 heteroatoms. The number of nitrogens with zero attached hydrogens (tertiary/aromatic N) is 3. The Morgan fingerprint density at radius 2 is 1.93 bits per heavy atom. The highest BCUT2D eigenvalue weighted by Crippen LogP contribution is 2.50. The number of fused-ring (bicyclic) bond motifs is 2. The van der Waals surface area contributed by atoms with Crippen LogP contribution in [0.15, 0.2) is 112 Å². The lowest BCUT2D eigenvalue weighted by Crippen LogP contribution is -2.41. The van der Waals surface area contributed by atoms with Crippen molar-refractivity contribution in [2.75, 3.05) is 29.9 Å². The molecule has 2 aromatic carbocycles. The van der Waals surface area contributed by atoms with Gasteiger partial charge in [0.15, 0.2) is 0 Å². The lowest BCUT2D eigenvalue weighted by atomic mass is 10.1. The molecule has 0 amide bonds. The number of para-hydroxylation sites is 1. The molecule has 1 saturated heterocycles. The molecular weight excluding hydrogens is 534 g/mol. The van der Waals surface area contributed by atoms with Gasteiger partial charge >= 0.3 is 0 Å². The van der Waals surface area contributed by atoms with Crippen molar-refractivity contribution in [3.63, 3.8) is 0 Å². The van der Waals surface area contributed by atoms with E-state index in [9.17, 15) is 4.79 Å². The SMILES string of the molecule is O=c1[nH]cccc1N1CCOC(c2cccc3c2Oc2ccc(NCc4cncc(-c5cccnc5)c4)cc2S3)C1. The fourth-order valence-corrected chi connectivity index (χ4v) is 6.22. The first-order valence-corrected chi connectivity index (χ1v) is 14.3. The van der Waals surface area contributed by atoms with Crippen molar-refractivity contribution in [3.05, 3.63) is 119 Å². The van der Waals surface area contributed by atoms with Crippen LogP contribution in [0.3, 0.4) is 0 Å². The topological polar surface area (TPSA) is 92.4 Å². The highest BCUT2D eigenvalue weighted by atomic mass is 32.2. The lowest BCUT2D eigenvalue weighted by Gasteiger charge is -2.35. The molecule has 1 atom stereocenters. The molecule has 2 aliphatic heterocycles. The van der Waals surface area contributed by atoms with Crippen molar-refractivity contribution in [1.82, 2.24) is 15.0 Å². The Balaban J connectivity index is 1.07. The Bertz CT molecular complexity index is 1760. The Labute approximate surface area is 241 Å². The van der Waals surface area contributed by atoms with Crippen molar-refractivity contribution >= 4 is 23.1 Å². The van der Waals surface area contributed by atoms with Crippen LogP contribution in [0, 0.1) is 0 Å². The van der Waals surface area contributed by atoms with Crippen LogP contribution >= 0.6 is 11.8 Å². The van der Waals surface area contributed by atoms with Crippen molar-refractivity contribution in [2.45, 2.75) is 22.4 Å². The van der Waals surface area contributed by atoms with Crippen LogP contribution < -0.4 is 20.5 Å². The predicted molar refractivity (Wildman–Crippen MR) is 160 cm³/mol. The van der Waals surface area contributed by atoms with Crippen LogP contribution in [0.25, 0.3) is 11.1 Å². The first kappa shape index (κ1) is 25.4. The van der Waals surface area contributed by atoms with Crippen molar-refractivity contribution in [3.8, 4) is 22.6 Å². The smallest absolute Gasteiger partial charge is 0.271 e. The van der Waals surface area contributed by atoms with Gasteiger partial charge in [-0.2, -0.15) is 0 Å². The highest BCUT2D eigenvalue weighted by Gasteiger charge is 2.29. The fraction of sp³-hybridized carbons (Fsp3) is 0.156. The van der Waals surface area contributed by atoms with E-state index >= 15 is 0 Å². The third kappa shape index (κ3) is 5.29. The average Bonchev–Trinajstić information content (AvgIpc) is 3.03. The Morgan fingerprint density at radius 3 is 2.83 bits per heavy atom. The van der Waals surface area contributed by atoms with Crippen LogP contribution in [0.4, 0.5) is 11.4 Å². The molecule has 1 fully saturated rings. The van der Waals surface area contributed by atoms with Gasteiger partial charge in [0, 0.05) is 73.0 Å². The molecule has 0 radical (unpaired) electrons. The second-order valence-electron chi connectivity index (χ2n) is 9.91. The number of aromatic amines is 1. The number of anilines is 2. The van der Waals surface area contributed by atoms with Gasteiger partial charge in [-0.1, -0.05) is 30.0 Å². The summed E-state index contributed by atoms with van der Waals surface area (Å²) in [6.45, 7) is 2.41. The molecule has 5 heterocycles. The van der Waals surface area contributed by atoms with Crippen LogP contribution in [-0.2, 0) is 11.3 Å². The van der Waals surface area contributed by atoms with Gasteiger partial charge in [0.25, 0.3) is 5.56 Å². The van der Waals surface area contributed by atoms with Crippen LogP contribution in [0.2, 0.25) is 0 Å². The van der Waals surface area contributed by atoms with Crippen LogP contribution in [0.1, 0.15) is 17.2 Å². The van der Waals surface area contributed by atoms with Crippen molar-refractivity contribution < 1.29 is 9.47 Å². The van der Waals surface area contributed by atoms with E-state index in [1.807, 2.05) is 61.1 Å². The lowest BCUT2D eigenvalue weighted by molar-refractivity contribution is 0.0382. The molecule has 5 aromatic rings. The van der Waals surface area contributed by atoms with E-state index < -0.39 is 0 Å². The van der Waals surface area contributed by atoms with E-state index in [1.54, 1.807) is 24.2 Å². The third-order valence-corrected chi connectivity index (χ3v) is 8.30. The molecule has 204 valence electrons. The number of benzene rings is 2. The Morgan fingerprint density at radius 1 is 0.976 bits per heavy atom. The number of hydrogen-bond acceptors (Lipinski definition) is 8. The van der Waals surface area contributed by atoms with E-state index in [0.717, 1.165) is 49.2 Å². The Kier molecular flexibility index (Phi) is 6.88. The van der Waals surface area contributed by atoms with E-state index in [4.69, 9.17) is 9.47 Å². The largest absolute Gasteiger partial charge is 0.455 e. The van der Waals surface area contributed by atoms with Crippen LogP contribution in [0.5, 0.6) is 11.5 Å². The summed E-state index contributed by atoms with van der Waals surface area (Å²) in [7, 11) is 0. The van der Waals surface area contributed by atoms with Crippen molar-refractivity contribution in [1.29, 1.82) is 0 Å². The maximum atomic E-state index is 12.4. The standard InChI is InChI=1S/C32H27N5O3S/c38-32-26(6-3-11-35-32)37-12-13-39-28(20-37)25-5-1-7-29-31(25)40-27-9-8-24(15-30(27)41-29)36-17-21-14-23(19-34-16-21)22-4-2-10-33-18-22/h1-11,14-16,18-19,28,36H,12-13,17,20H2,(H,35,38). The van der Waals surface area contributed by atoms with Gasteiger partial charge in [-0.3, -0.25) is 14.8 Å². The molecule has 2 N–H and O–H groups in total. The van der Waals surface area contributed by atoms with Gasteiger partial charge in [0.05, 0.1) is 16.4 Å². The number of ether oxygens (including phenoxy) is 2. The van der Waals surface area contributed by atoms with Crippen LogP contribution in [-0.4, -0.2) is 34.6 Å². The molecule has 2 aliphatic rings. The number of rotatable bonds is 6. The highest BCUT2D eigenvalue weighted by molar-refractivity contribution is 7.99. The molecule has 1 unspecified atom stereocenters. The average molecular weight is 562 g/mol. The van der Waals surface area contributed by atoms with Gasteiger partial charge < -0.3 is 24.7 Å². The normalized spacial score (nSPS) is 15.9. The van der Waals surface area contributed by atoms with E-state index in [0.29, 0.717) is 31.9 Å². The minimum atomic E-state index is -0.211. The minimum Gasteiger partial charge on any atom is -0.455 e. The second kappa shape index (κ2) is 11.1. The quantitative estimate of drug-likeness (QED) is 0.246. The summed E-state index contributed by atoms with van der Waals surface area (Å²) in [6.07, 6.45) is 8.79. The van der Waals surface area contributed by atoms with E-state index in [1.165, 1.54) is 0 Å². The molecule has 41 heavy (non-hydrogen) atoms. The van der Waals surface area contributed by atoms with Gasteiger partial charge in [-0.05, 0) is 54.1 Å². The number of morpholine rings is 1. The Hall–Kier alpha value is -4.60. The maximum absolute atomic E-state index is 12.4. The van der Waals surface area contributed by atoms with Gasteiger partial charge in [-0.15, -0.1) is 0 Å². The third-order valence-electron chi connectivity index (χ3n) is 7.22. The molecule has 0 spiro atoms. The van der Waals surface area contributed by atoms with E-state index in [-0.39, 0.29) is 11.7 Å². The molecular formula is C32H27N5O3S. The second-order valence-corrected chi connectivity index (χ2v) is 11.0. The summed E-state index contributed by atoms with van der Waals surface area (Å²) in [6, 6.07) is 22.1. The summed E-state index contributed by atoms with van der Waals surface area (Å²) in [4.78, 5) is 27.9.